The molecular formula is C13H14BrNO2. The van der Waals surface area contributed by atoms with Crippen LogP contribution in [0.4, 0.5) is 0 Å². The van der Waals surface area contributed by atoms with E-state index in [1.807, 2.05) is 23.1 Å². The van der Waals surface area contributed by atoms with Gasteiger partial charge in [-0.25, -0.2) is 0 Å². The number of hydrogen-bond donors (Lipinski definition) is 0. The van der Waals surface area contributed by atoms with E-state index >= 15 is 0 Å². The fourth-order valence-corrected chi connectivity index (χ4v) is 2.92. The summed E-state index contributed by atoms with van der Waals surface area (Å²) >= 11 is 3.53. The minimum atomic E-state index is -0.145. The van der Waals surface area contributed by atoms with Crippen molar-refractivity contribution in [3.05, 3.63) is 34.3 Å². The summed E-state index contributed by atoms with van der Waals surface area (Å²) in [6.45, 7) is 1.55. The van der Waals surface area contributed by atoms with Gasteiger partial charge >= 0.3 is 0 Å². The van der Waals surface area contributed by atoms with Crippen molar-refractivity contribution in [1.29, 1.82) is 0 Å². The van der Waals surface area contributed by atoms with Crippen molar-refractivity contribution in [1.82, 2.24) is 4.90 Å². The summed E-state index contributed by atoms with van der Waals surface area (Å²) in [5.74, 6) is 0.166. The number of morpholine rings is 1. The van der Waals surface area contributed by atoms with E-state index in [1.54, 1.807) is 0 Å². The number of amides is 1. The Bertz CT molecular complexity index is 443. The lowest BCUT2D eigenvalue weighted by Gasteiger charge is -2.46. The van der Waals surface area contributed by atoms with Crippen LogP contribution >= 0.6 is 15.9 Å². The summed E-state index contributed by atoms with van der Waals surface area (Å²) in [4.78, 5) is 13.8. The molecule has 3 saturated heterocycles. The van der Waals surface area contributed by atoms with Gasteiger partial charge in [0, 0.05) is 24.0 Å². The van der Waals surface area contributed by atoms with Crippen LogP contribution in [0.2, 0.25) is 0 Å². The maximum atomic E-state index is 11.9. The zero-order chi connectivity index (χ0) is 11.8. The molecule has 0 N–H and O–H groups in total. The van der Waals surface area contributed by atoms with Crippen LogP contribution in [0, 0.1) is 0 Å². The van der Waals surface area contributed by atoms with E-state index in [9.17, 15) is 4.79 Å². The van der Waals surface area contributed by atoms with Gasteiger partial charge in [-0.1, -0.05) is 34.1 Å². The first-order valence-corrected chi connectivity index (χ1v) is 6.71. The van der Waals surface area contributed by atoms with Gasteiger partial charge in [0.25, 0.3) is 5.91 Å². The molecule has 1 aromatic carbocycles. The smallest absolute Gasteiger partial charge is 0.251 e. The van der Waals surface area contributed by atoms with Crippen molar-refractivity contribution in [3.8, 4) is 0 Å². The monoisotopic (exact) mass is 295 g/mol. The van der Waals surface area contributed by atoms with Gasteiger partial charge in [0.1, 0.15) is 6.10 Å². The molecule has 0 aromatic heterocycles. The molecule has 4 rings (SSSR count). The highest BCUT2D eigenvalue weighted by molar-refractivity contribution is 9.10. The van der Waals surface area contributed by atoms with Crippen molar-refractivity contribution >= 4 is 21.8 Å². The molecule has 3 nitrogen and oxygen atoms in total. The predicted molar refractivity (Wildman–Crippen MR) is 67.7 cm³/mol. The minimum absolute atomic E-state index is 0.145. The second kappa shape index (κ2) is 4.42. The van der Waals surface area contributed by atoms with E-state index in [-0.39, 0.29) is 18.1 Å². The van der Waals surface area contributed by atoms with Gasteiger partial charge in [-0.15, -0.1) is 0 Å². The molecule has 2 bridgehead atoms. The average Bonchev–Trinajstić information content (AvgIpc) is 2.28. The third kappa shape index (κ3) is 2.11. The molecule has 0 spiro atoms. The maximum Gasteiger partial charge on any atom is 0.251 e. The third-order valence-corrected chi connectivity index (χ3v) is 4.23. The van der Waals surface area contributed by atoms with E-state index in [4.69, 9.17) is 4.74 Å². The van der Waals surface area contributed by atoms with Crippen LogP contribution in [0.5, 0.6) is 0 Å². The topological polar surface area (TPSA) is 29.5 Å². The normalized spacial score (nSPS) is 26.9. The molecular weight excluding hydrogens is 282 g/mol. The molecule has 3 fully saturated rings. The summed E-state index contributed by atoms with van der Waals surface area (Å²) in [6, 6.07) is 8.16. The van der Waals surface area contributed by atoms with Gasteiger partial charge < -0.3 is 9.64 Å². The number of halogens is 1. The molecule has 17 heavy (non-hydrogen) atoms. The molecule has 2 atom stereocenters. The summed E-state index contributed by atoms with van der Waals surface area (Å²) < 4.78 is 6.51. The van der Waals surface area contributed by atoms with Crippen molar-refractivity contribution in [2.24, 2.45) is 0 Å². The van der Waals surface area contributed by atoms with Crippen molar-refractivity contribution in [2.45, 2.75) is 25.0 Å². The Kier molecular flexibility index (Phi) is 2.92. The molecule has 1 amide bonds. The Morgan fingerprint density at radius 1 is 1.41 bits per heavy atom. The summed E-state index contributed by atoms with van der Waals surface area (Å²) in [5, 5.41) is 0. The molecule has 90 valence electrons. The number of nitrogens with zero attached hydrogens (tertiary/aromatic N) is 1. The number of rotatable bonds is 3. The van der Waals surface area contributed by atoms with Crippen molar-refractivity contribution < 1.29 is 9.53 Å². The lowest BCUT2D eigenvalue weighted by molar-refractivity contribution is -0.197. The zero-order valence-corrected chi connectivity index (χ0v) is 11.0. The van der Waals surface area contributed by atoms with Gasteiger partial charge in [-0.05, 0) is 18.1 Å². The fraction of sp³-hybridized carbons (Fsp3) is 0.462. The number of fused-ring (bicyclic) bond motifs is 2. The van der Waals surface area contributed by atoms with Crippen molar-refractivity contribution in [3.63, 3.8) is 0 Å². The standard InChI is InChI=1S/C13H14BrNO2/c14-11-4-2-1-3-9(11)5-6-15-8-10-7-12(17-10)13(15)16/h1-4,10,12H,5-8H2. The van der Waals surface area contributed by atoms with Crippen LogP contribution < -0.4 is 0 Å². The van der Waals surface area contributed by atoms with Crippen LogP contribution in [0.3, 0.4) is 0 Å². The number of hydrogen-bond acceptors (Lipinski definition) is 2. The Morgan fingerprint density at radius 2 is 2.18 bits per heavy atom. The van der Waals surface area contributed by atoms with Crippen molar-refractivity contribution in [2.75, 3.05) is 13.1 Å². The van der Waals surface area contributed by atoms with Crippen LogP contribution in [0.1, 0.15) is 12.0 Å². The van der Waals surface area contributed by atoms with Crippen LogP contribution in [-0.4, -0.2) is 36.1 Å². The zero-order valence-electron chi connectivity index (χ0n) is 9.43. The lowest BCUT2D eigenvalue weighted by atomic mass is 9.97. The molecule has 1 aromatic rings. The number of benzene rings is 1. The predicted octanol–water partition coefficient (Wildman–Crippen LogP) is 1.99. The first-order chi connectivity index (χ1) is 8.24. The number of piperidine rings is 1. The van der Waals surface area contributed by atoms with E-state index in [2.05, 4.69) is 22.0 Å². The Labute approximate surface area is 109 Å². The summed E-state index contributed by atoms with van der Waals surface area (Å²) in [6.07, 6.45) is 1.96. The van der Waals surface area contributed by atoms with E-state index in [0.29, 0.717) is 0 Å². The first kappa shape index (κ1) is 11.2. The summed E-state index contributed by atoms with van der Waals surface area (Å²) in [7, 11) is 0. The van der Waals surface area contributed by atoms with Gasteiger partial charge in [0.05, 0.1) is 6.10 Å². The lowest BCUT2D eigenvalue weighted by Crippen LogP contribution is -2.61. The highest BCUT2D eigenvalue weighted by Gasteiger charge is 2.44. The number of carbonyl (C=O) groups is 1. The maximum absolute atomic E-state index is 11.9. The third-order valence-electron chi connectivity index (χ3n) is 3.45. The SMILES string of the molecule is O=C1C2CC(CN1CCc1ccccc1Br)O2. The van der Waals surface area contributed by atoms with Crippen LogP contribution in [0.15, 0.2) is 28.7 Å². The van der Waals surface area contributed by atoms with Gasteiger partial charge in [-0.2, -0.15) is 0 Å². The van der Waals surface area contributed by atoms with Crippen LogP contribution in [0.25, 0.3) is 0 Å². The highest BCUT2D eigenvalue weighted by Crippen LogP contribution is 2.29. The molecule has 4 heteroatoms. The first-order valence-electron chi connectivity index (χ1n) is 5.91. The molecule has 0 radical (unpaired) electrons. The number of ether oxygens (including phenoxy) is 1. The van der Waals surface area contributed by atoms with E-state index < -0.39 is 0 Å². The molecule has 3 aliphatic heterocycles. The number of carbonyl (C=O) groups excluding carboxylic acids is 1. The molecule has 2 unspecified atom stereocenters. The largest absolute Gasteiger partial charge is 0.363 e. The van der Waals surface area contributed by atoms with Gasteiger partial charge in [0.15, 0.2) is 0 Å². The quantitative estimate of drug-likeness (QED) is 0.854. The minimum Gasteiger partial charge on any atom is -0.363 e. The molecule has 3 heterocycles. The Hall–Kier alpha value is -0.870. The summed E-state index contributed by atoms with van der Waals surface area (Å²) in [5.41, 5.74) is 1.25. The van der Waals surface area contributed by atoms with Crippen LogP contribution in [-0.2, 0) is 16.0 Å². The Morgan fingerprint density at radius 3 is 2.88 bits per heavy atom. The fourth-order valence-electron chi connectivity index (χ4n) is 2.43. The Balaban J connectivity index is 1.61. The second-order valence-corrected chi connectivity index (χ2v) is 5.46. The second-order valence-electron chi connectivity index (χ2n) is 4.61. The average molecular weight is 296 g/mol. The highest BCUT2D eigenvalue weighted by atomic mass is 79.9. The van der Waals surface area contributed by atoms with Gasteiger partial charge in [0.2, 0.25) is 0 Å². The van der Waals surface area contributed by atoms with Gasteiger partial charge in [-0.3, -0.25) is 4.79 Å². The molecule has 0 aliphatic carbocycles. The molecule has 0 saturated carbocycles. The molecule has 3 aliphatic rings. The van der Waals surface area contributed by atoms with E-state index in [0.717, 1.165) is 30.4 Å². The van der Waals surface area contributed by atoms with E-state index in [1.165, 1.54) is 5.56 Å².